The molecule has 0 spiro atoms. The number of benzene rings is 3. The zero-order chi connectivity index (χ0) is 26.2. The van der Waals surface area contributed by atoms with Gasteiger partial charge in [-0.15, -0.1) is 0 Å². The van der Waals surface area contributed by atoms with Crippen molar-refractivity contribution < 1.29 is 9.18 Å². The van der Waals surface area contributed by atoms with Crippen molar-refractivity contribution in [3.05, 3.63) is 87.2 Å². The Labute approximate surface area is 232 Å². The van der Waals surface area contributed by atoms with Crippen molar-refractivity contribution in [1.29, 1.82) is 5.41 Å². The second kappa shape index (κ2) is 13.1. The van der Waals surface area contributed by atoms with E-state index in [1.165, 1.54) is 31.7 Å². The van der Waals surface area contributed by atoms with Crippen LogP contribution < -0.4 is 16.0 Å². The van der Waals surface area contributed by atoms with Gasteiger partial charge in [0.1, 0.15) is 5.82 Å². The number of carbonyl (C=O) groups excluding carboxylic acids is 1. The van der Waals surface area contributed by atoms with E-state index < -0.39 is 0 Å². The molecule has 0 bridgehead atoms. The lowest BCUT2D eigenvalue weighted by Crippen LogP contribution is -2.34. The standard InChI is InChI=1S/C30H34FIN4O/c1-20(33)23-5-4-6-24(17-23)21-9-11-22(12-10-21)25(15-16-34-26-7-2-3-8-26)19-35-30(37)36-27-13-14-29(32)28(31)18-27/h4-6,9-14,17-18,25-26,33-34H,2-3,7-8,15-16,19H2,1H3,(H2,35,36,37). The Kier molecular flexibility index (Phi) is 9.68. The van der Waals surface area contributed by atoms with Crippen molar-refractivity contribution >= 4 is 40.0 Å². The van der Waals surface area contributed by atoms with Crippen LogP contribution in [0.5, 0.6) is 0 Å². The minimum absolute atomic E-state index is 0.136. The number of amides is 2. The second-order valence-corrected chi connectivity index (χ2v) is 10.9. The SMILES string of the molecule is CC(=N)c1cccc(-c2ccc(C(CCNC3CCCC3)CNC(=O)Nc3ccc(I)c(F)c3)cc2)c1. The number of urea groups is 1. The van der Waals surface area contributed by atoms with Gasteiger partial charge in [0.05, 0.1) is 0 Å². The van der Waals surface area contributed by atoms with Crippen LogP contribution in [0, 0.1) is 14.8 Å². The molecule has 0 aliphatic heterocycles. The van der Waals surface area contributed by atoms with Crippen molar-refractivity contribution in [3.8, 4) is 11.1 Å². The number of anilines is 1. The summed E-state index contributed by atoms with van der Waals surface area (Å²) in [4.78, 5) is 12.6. The molecule has 0 aromatic heterocycles. The van der Waals surface area contributed by atoms with Gasteiger partial charge in [-0.2, -0.15) is 0 Å². The summed E-state index contributed by atoms with van der Waals surface area (Å²) in [6.07, 6.45) is 5.96. The molecule has 0 heterocycles. The molecule has 3 aromatic carbocycles. The van der Waals surface area contributed by atoms with E-state index in [9.17, 15) is 9.18 Å². The molecule has 0 radical (unpaired) electrons. The lowest BCUT2D eigenvalue weighted by atomic mass is 9.93. The number of carbonyl (C=O) groups is 1. The van der Waals surface area contributed by atoms with Crippen LogP contribution in [0.1, 0.15) is 56.1 Å². The first-order chi connectivity index (χ1) is 17.9. The molecular weight excluding hydrogens is 578 g/mol. The Hall–Kier alpha value is -2.78. The van der Waals surface area contributed by atoms with E-state index in [1.54, 1.807) is 19.1 Å². The van der Waals surface area contributed by atoms with Gasteiger partial charge in [0.2, 0.25) is 0 Å². The minimum atomic E-state index is -0.351. The fourth-order valence-corrected chi connectivity index (χ4v) is 5.16. The highest BCUT2D eigenvalue weighted by molar-refractivity contribution is 14.1. The molecule has 37 heavy (non-hydrogen) atoms. The quantitative estimate of drug-likeness (QED) is 0.143. The van der Waals surface area contributed by atoms with Gasteiger partial charge in [-0.3, -0.25) is 0 Å². The van der Waals surface area contributed by atoms with Gasteiger partial charge in [-0.05, 0) is 102 Å². The van der Waals surface area contributed by atoms with Crippen LogP contribution in [0.25, 0.3) is 11.1 Å². The molecule has 1 fully saturated rings. The van der Waals surface area contributed by atoms with Gasteiger partial charge in [0.15, 0.2) is 0 Å². The number of halogens is 2. The molecule has 1 aliphatic rings. The summed E-state index contributed by atoms with van der Waals surface area (Å²) in [5.41, 5.74) is 5.24. The third-order valence-corrected chi connectivity index (χ3v) is 7.85. The Bertz CT molecular complexity index is 1220. The highest BCUT2D eigenvalue weighted by Crippen LogP contribution is 2.26. The molecule has 4 rings (SSSR count). The van der Waals surface area contributed by atoms with Crippen LogP contribution in [-0.2, 0) is 0 Å². The van der Waals surface area contributed by atoms with E-state index in [-0.39, 0.29) is 17.8 Å². The van der Waals surface area contributed by atoms with Crippen molar-refractivity contribution in [2.45, 2.75) is 51.0 Å². The monoisotopic (exact) mass is 612 g/mol. The number of nitrogens with one attached hydrogen (secondary N) is 4. The van der Waals surface area contributed by atoms with Crippen molar-refractivity contribution in [2.75, 3.05) is 18.4 Å². The van der Waals surface area contributed by atoms with Gasteiger partial charge < -0.3 is 21.4 Å². The van der Waals surface area contributed by atoms with Crippen molar-refractivity contribution in [2.24, 2.45) is 0 Å². The molecule has 1 atom stereocenters. The molecule has 5 nitrogen and oxygen atoms in total. The Morgan fingerprint density at radius 3 is 2.51 bits per heavy atom. The number of hydrogen-bond donors (Lipinski definition) is 4. The van der Waals surface area contributed by atoms with E-state index in [1.807, 2.05) is 40.8 Å². The highest BCUT2D eigenvalue weighted by atomic mass is 127. The van der Waals surface area contributed by atoms with Gasteiger partial charge in [0.25, 0.3) is 0 Å². The molecule has 2 amide bonds. The fourth-order valence-electron chi connectivity index (χ4n) is 4.82. The first-order valence-electron chi connectivity index (χ1n) is 12.9. The second-order valence-electron chi connectivity index (χ2n) is 9.71. The van der Waals surface area contributed by atoms with Crippen LogP contribution in [-0.4, -0.2) is 30.9 Å². The molecule has 7 heteroatoms. The molecule has 1 aliphatic carbocycles. The molecule has 4 N–H and O–H groups in total. The topological polar surface area (TPSA) is 77.0 Å². The minimum Gasteiger partial charge on any atom is -0.337 e. The van der Waals surface area contributed by atoms with E-state index >= 15 is 0 Å². The normalized spacial score (nSPS) is 14.4. The van der Waals surface area contributed by atoms with Crippen LogP contribution in [0.4, 0.5) is 14.9 Å². The van der Waals surface area contributed by atoms with Gasteiger partial charge in [-0.1, -0.05) is 55.3 Å². The third kappa shape index (κ3) is 7.85. The van der Waals surface area contributed by atoms with Crippen molar-refractivity contribution in [3.63, 3.8) is 0 Å². The molecule has 1 unspecified atom stereocenters. The van der Waals surface area contributed by atoms with Crippen LogP contribution in [0.2, 0.25) is 0 Å². The first kappa shape index (κ1) is 27.3. The number of rotatable bonds is 10. The van der Waals surface area contributed by atoms with E-state index in [4.69, 9.17) is 5.41 Å². The number of hydrogen-bond acceptors (Lipinski definition) is 3. The lowest BCUT2D eigenvalue weighted by molar-refractivity contribution is 0.251. The average Bonchev–Trinajstić information content (AvgIpc) is 3.42. The molecule has 194 valence electrons. The average molecular weight is 613 g/mol. The molecule has 0 saturated heterocycles. The zero-order valence-electron chi connectivity index (χ0n) is 21.1. The Morgan fingerprint density at radius 2 is 1.81 bits per heavy atom. The zero-order valence-corrected chi connectivity index (χ0v) is 23.3. The van der Waals surface area contributed by atoms with Crippen LogP contribution in [0.3, 0.4) is 0 Å². The van der Waals surface area contributed by atoms with Crippen LogP contribution >= 0.6 is 22.6 Å². The largest absolute Gasteiger partial charge is 0.337 e. The third-order valence-electron chi connectivity index (χ3n) is 6.98. The van der Waals surface area contributed by atoms with Gasteiger partial charge in [-0.25, -0.2) is 9.18 Å². The Morgan fingerprint density at radius 1 is 1.05 bits per heavy atom. The first-order valence-corrected chi connectivity index (χ1v) is 14.0. The summed E-state index contributed by atoms with van der Waals surface area (Å²) in [6.45, 7) is 3.17. The summed E-state index contributed by atoms with van der Waals surface area (Å²) in [6, 6.07) is 21.4. The smallest absolute Gasteiger partial charge is 0.319 e. The summed E-state index contributed by atoms with van der Waals surface area (Å²) >= 11 is 1.92. The Balaban J connectivity index is 1.42. The maximum Gasteiger partial charge on any atom is 0.319 e. The van der Waals surface area contributed by atoms with Gasteiger partial charge in [0, 0.05) is 33.5 Å². The van der Waals surface area contributed by atoms with Gasteiger partial charge >= 0.3 is 6.03 Å². The molecule has 1 saturated carbocycles. The van der Waals surface area contributed by atoms with Crippen LogP contribution in [0.15, 0.2) is 66.7 Å². The summed E-state index contributed by atoms with van der Waals surface area (Å²) in [5.74, 6) is -0.215. The highest BCUT2D eigenvalue weighted by Gasteiger charge is 2.17. The maximum atomic E-state index is 13.9. The fraction of sp³-hybridized carbons (Fsp3) is 0.333. The summed E-state index contributed by atoms with van der Waals surface area (Å²) in [5, 5.41) is 17.3. The van der Waals surface area contributed by atoms with E-state index in [0.29, 0.717) is 27.6 Å². The predicted molar refractivity (Wildman–Crippen MR) is 158 cm³/mol. The maximum absolute atomic E-state index is 13.9. The van der Waals surface area contributed by atoms with E-state index in [2.05, 4.69) is 46.3 Å². The van der Waals surface area contributed by atoms with Crippen molar-refractivity contribution in [1.82, 2.24) is 10.6 Å². The predicted octanol–water partition coefficient (Wildman–Crippen LogP) is 7.31. The molecule has 3 aromatic rings. The lowest BCUT2D eigenvalue weighted by Gasteiger charge is -2.21. The summed E-state index contributed by atoms with van der Waals surface area (Å²) in [7, 11) is 0. The van der Waals surface area contributed by atoms with E-state index in [0.717, 1.165) is 35.2 Å². The summed E-state index contributed by atoms with van der Waals surface area (Å²) < 4.78 is 14.4. The molecular formula is C30H34FIN4O.